The van der Waals surface area contributed by atoms with Crippen molar-refractivity contribution in [1.29, 1.82) is 0 Å². The maximum Gasteiger partial charge on any atom is 0.323 e. The van der Waals surface area contributed by atoms with Crippen LogP contribution in [0.25, 0.3) is 21.9 Å². The Morgan fingerprint density at radius 2 is 1.90 bits per heavy atom. The summed E-state index contributed by atoms with van der Waals surface area (Å²) < 4.78 is 23.1. The van der Waals surface area contributed by atoms with Gasteiger partial charge in [0.05, 0.1) is 41.6 Å². The minimum Gasteiger partial charge on any atom is -0.493 e. The number of amides is 2. The molecule has 1 saturated heterocycles. The number of ether oxygens (including phenoxy) is 3. The third-order valence-electron chi connectivity index (χ3n) is 7.07. The van der Waals surface area contributed by atoms with Gasteiger partial charge in [-0.1, -0.05) is 11.6 Å². The van der Waals surface area contributed by atoms with E-state index in [1.165, 1.54) is 32.3 Å². The molecule has 0 radical (unpaired) electrons. The van der Waals surface area contributed by atoms with Crippen LogP contribution in [0.4, 0.5) is 16.2 Å². The molecule has 10 nitrogen and oxygen atoms in total. The van der Waals surface area contributed by atoms with Gasteiger partial charge in [0.1, 0.15) is 17.7 Å². The van der Waals surface area contributed by atoms with Gasteiger partial charge >= 0.3 is 6.03 Å². The number of likely N-dealkylation sites (tertiary alicyclic amines) is 1. The van der Waals surface area contributed by atoms with Gasteiger partial charge in [-0.05, 0) is 74.8 Å². The molecule has 3 heterocycles. The lowest BCUT2D eigenvalue weighted by atomic mass is 10.2. The lowest BCUT2D eigenvalue weighted by Gasteiger charge is -2.16. The number of benzene rings is 3. The maximum atomic E-state index is 12.6. The largest absolute Gasteiger partial charge is 0.493 e. The van der Waals surface area contributed by atoms with Gasteiger partial charge in [-0.3, -0.25) is 0 Å². The average molecular weight is 588 g/mol. The summed E-state index contributed by atoms with van der Waals surface area (Å²) in [5.41, 5.74) is 2.45. The van der Waals surface area contributed by atoms with E-state index < -0.39 is 6.03 Å². The number of urea groups is 1. The highest BCUT2D eigenvalue weighted by Gasteiger charge is 2.15. The fourth-order valence-corrected chi connectivity index (χ4v) is 5.19. The summed E-state index contributed by atoms with van der Waals surface area (Å²) in [7, 11) is 1.60. The van der Waals surface area contributed by atoms with E-state index >= 15 is 0 Å². The Labute approximate surface area is 247 Å². The fourth-order valence-electron chi connectivity index (χ4n) is 4.97. The van der Waals surface area contributed by atoms with Crippen molar-refractivity contribution in [2.24, 2.45) is 0 Å². The van der Waals surface area contributed by atoms with E-state index in [0.29, 0.717) is 57.0 Å². The van der Waals surface area contributed by atoms with Crippen molar-refractivity contribution in [2.45, 2.75) is 19.3 Å². The molecule has 3 aromatic carbocycles. The topological polar surface area (TPSA) is 111 Å². The van der Waals surface area contributed by atoms with Crippen LogP contribution in [-0.4, -0.2) is 54.2 Å². The van der Waals surface area contributed by atoms with Crippen LogP contribution in [0.5, 0.6) is 23.1 Å². The van der Waals surface area contributed by atoms with E-state index in [2.05, 4.69) is 25.5 Å². The number of nitrogens with zero attached hydrogens (tertiary/aromatic N) is 3. The first kappa shape index (κ1) is 27.6. The quantitative estimate of drug-likeness (QED) is 0.163. The van der Waals surface area contributed by atoms with Gasteiger partial charge in [0, 0.05) is 29.8 Å². The smallest absolute Gasteiger partial charge is 0.323 e. The maximum absolute atomic E-state index is 12.6. The van der Waals surface area contributed by atoms with Gasteiger partial charge in [-0.2, -0.15) is 0 Å². The number of halogens is 1. The molecular formula is C31H30ClN5O5. The van der Waals surface area contributed by atoms with E-state index in [9.17, 15) is 4.79 Å². The van der Waals surface area contributed by atoms with E-state index in [0.717, 1.165) is 23.9 Å². The molecule has 1 fully saturated rings. The lowest BCUT2D eigenvalue weighted by Crippen LogP contribution is -2.21. The summed E-state index contributed by atoms with van der Waals surface area (Å²) in [6.45, 7) is 3.95. The summed E-state index contributed by atoms with van der Waals surface area (Å²) in [5.74, 6) is 1.97. The number of nitrogens with one attached hydrogen (secondary N) is 2. The van der Waals surface area contributed by atoms with Crippen molar-refractivity contribution in [2.75, 3.05) is 44.0 Å². The number of carbonyl (C=O) groups excluding carboxylic acids is 1. The second kappa shape index (κ2) is 12.5. The molecule has 1 aliphatic rings. The molecule has 11 heteroatoms. The molecule has 5 aromatic rings. The monoisotopic (exact) mass is 587 g/mol. The molecule has 0 atom stereocenters. The van der Waals surface area contributed by atoms with Gasteiger partial charge in [0.25, 0.3) is 0 Å². The Bertz CT molecular complexity index is 1720. The zero-order chi connectivity index (χ0) is 28.9. The molecule has 2 N–H and O–H groups in total. The Kier molecular flexibility index (Phi) is 8.25. The zero-order valence-corrected chi connectivity index (χ0v) is 23.8. The second-order valence-electron chi connectivity index (χ2n) is 9.95. The van der Waals surface area contributed by atoms with Crippen LogP contribution in [0.1, 0.15) is 19.3 Å². The Balaban J connectivity index is 1.11. The molecule has 6 rings (SSSR count). The van der Waals surface area contributed by atoms with Crippen LogP contribution in [0.15, 0.2) is 71.6 Å². The Morgan fingerprint density at radius 1 is 1.02 bits per heavy atom. The predicted octanol–water partition coefficient (Wildman–Crippen LogP) is 7.34. The molecule has 0 aliphatic carbocycles. The first-order chi connectivity index (χ1) is 20.6. The van der Waals surface area contributed by atoms with Crippen molar-refractivity contribution in [3.05, 3.63) is 72.2 Å². The third kappa shape index (κ3) is 6.35. The minimum atomic E-state index is -0.434. The molecule has 2 amide bonds. The highest BCUT2D eigenvalue weighted by Crippen LogP contribution is 2.37. The minimum absolute atomic E-state index is 0.300. The van der Waals surface area contributed by atoms with Crippen LogP contribution < -0.4 is 24.8 Å². The van der Waals surface area contributed by atoms with E-state index in [1.54, 1.807) is 43.7 Å². The van der Waals surface area contributed by atoms with Crippen LogP contribution in [0.3, 0.4) is 0 Å². The SMILES string of the molecule is COc1cc2c(Oc3ccc(NC(=O)Nc4ccc5occc5c4)c(Cl)c3)ncnc2cc1OCCCN1CCCC1. The summed E-state index contributed by atoms with van der Waals surface area (Å²) in [6.07, 6.45) is 6.53. The second-order valence-corrected chi connectivity index (χ2v) is 10.4. The fraction of sp³-hybridized carbons (Fsp3) is 0.258. The van der Waals surface area contributed by atoms with Crippen LogP contribution in [0, 0.1) is 0 Å². The van der Waals surface area contributed by atoms with Crippen LogP contribution >= 0.6 is 11.6 Å². The van der Waals surface area contributed by atoms with Crippen LogP contribution in [0.2, 0.25) is 5.02 Å². The van der Waals surface area contributed by atoms with Crippen molar-refractivity contribution >= 4 is 50.9 Å². The van der Waals surface area contributed by atoms with E-state index in [-0.39, 0.29) is 0 Å². The number of aromatic nitrogens is 2. The molecule has 42 heavy (non-hydrogen) atoms. The highest BCUT2D eigenvalue weighted by molar-refractivity contribution is 6.34. The number of fused-ring (bicyclic) bond motifs is 2. The molecule has 1 aliphatic heterocycles. The summed E-state index contributed by atoms with van der Waals surface area (Å²) in [4.78, 5) is 23.8. The average Bonchev–Trinajstić information content (AvgIpc) is 3.69. The molecule has 0 bridgehead atoms. The number of furan rings is 1. The summed E-state index contributed by atoms with van der Waals surface area (Å²) in [6, 6.07) is 15.4. The van der Waals surface area contributed by atoms with Gasteiger partial charge in [-0.25, -0.2) is 14.8 Å². The van der Waals surface area contributed by atoms with Gasteiger partial charge < -0.3 is 34.2 Å². The van der Waals surface area contributed by atoms with E-state index in [1.807, 2.05) is 24.3 Å². The number of methoxy groups -OCH3 is 1. The lowest BCUT2D eigenvalue weighted by molar-refractivity contribution is 0.254. The molecule has 2 aromatic heterocycles. The summed E-state index contributed by atoms with van der Waals surface area (Å²) in [5, 5.41) is 7.40. The Morgan fingerprint density at radius 3 is 2.74 bits per heavy atom. The van der Waals surface area contributed by atoms with Crippen LogP contribution in [-0.2, 0) is 0 Å². The zero-order valence-electron chi connectivity index (χ0n) is 23.1. The predicted molar refractivity (Wildman–Crippen MR) is 162 cm³/mol. The molecule has 216 valence electrons. The third-order valence-corrected chi connectivity index (χ3v) is 7.39. The molecular weight excluding hydrogens is 558 g/mol. The normalized spacial score (nSPS) is 13.4. The van der Waals surface area contributed by atoms with Crippen molar-refractivity contribution in [1.82, 2.24) is 14.9 Å². The standard InChI is InChI=1S/C31H30ClN5O5/c1-39-28-17-23-26(18-29(28)40-13-4-12-37-10-2-3-11-37)33-19-34-30(23)42-22-6-7-25(24(32)16-22)36-31(38)35-21-5-8-27-20(15-21)9-14-41-27/h5-9,14-19H,2-4,10-13H2,1H3,(H2,35,36,38). The number of anilines is 2. The summed E-state index contributed by atoms with van der Waals surface area (Å²) >= 11 is 6.49. The number of rotatable bonds is 10. The Hall–Kier alpha value is -4.54. The first-order valence-corrected chi connectivity index (χ1v) is 14.1. The number of carbonyl (C=O) groups is 1. The number of hydrogen-bond donors (Lipinski definition) is 2. The molecule has 0 saturated carbocycles. The van der Waals surface area contributed by atoms with Gasteiger partial charge in [0.15, 0.2) is 11.5 Å². The van der Waals surface area contributed by atoms with Crippen molar-refractivity contribution in [3.8, 4) is 23.1 Å². The van der Waals surface area contributed by atoms with Gasteiger partial charge in [0.2, 0.25) is 5.88 Å². The van der Waals surface area contributed by atoms with Crippen molar-refractivity contribution in [3.63, 3.8) is 0 Å². The number of hydrogen-bond acceptors (Lipinski definition) is 8. The van der Waals surface area contributed by atoms with E-state index in [4.69, 9.17) is 30.2 Å². The van der Waals surface area contributed by atoms with Gasteiger partial charge in [-0.15, -0.1) is 0 Å². The molecule has 0 unspecified atom stereocenters. The highest BCUT2D eigenvalue weighted by atomic mass is 35.5. The first-order valence-electron chi connectivity index (χ1n) is 13.8. The van der Waals surface area contributed by atoms with Crippen molar-refractivity contribution < 1.29 is 23.4 Å². The molecule has 0 spiro atoms.